The molecule has 118 valence electrons. The van der Waals surface area contributed by atoms with Crippen molar-refractivity contribution >= 4 is 5.69 Å². The van der Waals surface area contributed by atoms with Crippen molar-refractivity contribution in [3.8, 4) is 0 Å². The Morgan fingerprint density at radius 2 is 1.86 bits per heavy atom. The zero-order chi connectivity index (χ0) is 15.4. The van der Waals surface area contributed by atoms with Gasteiger partial charge < -0.3 is 15.5 Å². The Morgan fingerprint density at radius 1 is 1.19 bits per heavy atom. The van der Waals surface area contributed by atoms with Crippen LogP contribution in [0.1, 0.15) is 24.4 Å². The van der Waals surface area contributed by atoms with Gasteiger partial charge in [0.15, 0.2) is 0 Å². The summed E-state index contributed by atoms with van der Waals surface area (Å²) in [5.41, 5.74) is 8.66. The van der Waals surface area contributed by atoms with Gasteiger partial charge in [-0.1, -0.05) is 12.1 Å². The molecule has 1 saturated heterocycles. The topological polar surface area (TPSA) is 35.7 Å². The number of likely N-dealkylation sites (N-methyl/N-ethyl adjacent to an activating group) is 1. The van der Waals surface area contributed by atoms with Crippen molar-refractivity contribution in [3.63, 3.8) is 0 Å². The van der Waals surface area contributed by atoms with Crippen LogP contribution < -0.4 is 10.6 Å². The van der Waals surface area contributed by atoms with E-state index < -0.39 is 0 Å². The van der Waals surface area contributed by atoms with Crippen molar-refractivity contribution < 1.29 is 0 Å². The summed E-state index contributed by atoms with van der Waals surface area (Å²) in [5, 5.41) is 0. The summed E-state index contributed by atoms with van der Waals surface area (Å²) in [7, 11) is 8.50. The minimum absolute atomic E-state index is 0.337. The van der Waals surface area contributed by atoms with Crippen LogP contribution in [-0.2, 0) is 0 Å². The highest BCUT2D eigenvalue weighted by molar-refractivity contribution is 5.46. The Kier molecular flexibility index (Phi) is 5.62. The van der Waals surface area contributed by atoms with Gasteiger partial charge >= 0.3 is 0 Å². The molecule has 0 aromatic heterocycles. The summed E-state index contributed by atoms with van der Waals surface area (Å²) < 4.78 is 0. The van der Waals surface area contributed by atoms with Gasteiger partial charge in [0.05, 0.1) is 0 Å². The normalized spacial score (nSPS) is 21.5. The molecule has 1 fully saturated rings. The molecule has 4 heteroatoms. The monoisotopic (exact) mass is 290 g/mol. The van der Waals surface area contributed by atoms with Crippen LogP contribution in [0, 0.1) is 0 Å². The summed E-state index contributed by atoms with van der Waals surface area (Å²) >= 11 is 0. The van der Waals surface area contributed by atoms with Gasteiger partial charge in [-0.25, -0.2) is 0 Å². The standard InChI is InChI=1S/C17H30N4/c1-19(2)15-9-7-14(8-10-15)17(12-18)21-11-5-6-16(13-21)20(3)4/h7-10,16-17H,5-6,11-13,18H2,1-4H3. The van der Waals surface area contributed by atoms with E-state index in [2.05, 4.69) is 67.2 Å². The lowest BCUT2D eigenvalue weighted by Gasteiger charge is -2.40. The van der Waals surface area contributed by atoms with E-state index in [1.807, 2.05) is 0 Å². The van der Waals surface area contributed by atoms with Gasteiger partial charge in [0.1, 0.15) is 0 Å². The molecular weight excluding hydrogens is 260 g/mol. The fourth-order valence-electron chi connectivity index (χ4n) is 3.18. The number of hydrogen-bond acceptors (Lipinski definition) is 4. The maximum absolute atomic E-state index is 6.09. The predicted octanol–water partition coefficient (Wildman–Crippen LogP) is 1.78. The second kappa shape index (κ2) is 7.25. The van der Waals surface area contributed by atoms with Gasteiger partial charge in [-0.15, -0.1) is 0 Å². The zero-order valence-electron chi connectivity index (χ0n) is 13.9. The van der Waals surface area contributed by atoms with Crippen molar-refractivity contribution in [1.82, 2.24) is 9.80 Å². The Balaban J connectivity index is 2.11. The molecule has 2 rings (SSSR count). The Labute approximate surface area is 129 Å². The Morgan fingerprint density at radius 3 is 2.38 bits per heavy atom. The second-order valence-electron chi connectivity index (χ2n) is 6.49. The number of piperidine rings is 1. The Bertz CT molecular complexity index is 427. The summed E-state index contributed by atoms with van der Waals surface area (Å²) in [4.78, 5) is 7.03. The van der Waals surface area contributed by atoms with E-state index in [4.69, 9.17) is 5.73 Å². The van der Waals surface area contributed by atoms with Crippen molar-refractivity contribution in [1.29, 1.82) is 0 Å². The second-order valence-corrected chi connectivity index (χ2v) is 6.49. The highest BCUT2D eigenvalue weighted by atomic mass is 15.2. The minimum atomic E-state index is 0.337. The summed E-state index contributed by atoms with van der Waals surface area (Å²) in [6.45, 7) is 2.95. The van der Waals surface area contributed by atoms with Crippen molar-refractivity contribution in [3.05, 3.63) is 29.8 Å². The number of nitrogens with zero attached hydrogens (tertiary/aromatic N) is 3. The lowest BCUT2D eigenvalue weighted by molar-refractivity contribution is 0.0984. The first-order valence-corrected chi connectivity index (χ1v) is 7.90. The molecule has 1 aromatic carbocycles. The number of hydrogen-bond donors (Lipinski definition) is 1. The van der Waals surface area contributed by atoms with Gasteiger partial charge in [0.2, 0.25) is 0 Å². The molecule has 1 heterocycles. The van der Waals surface area contributed by atoms with Crippen molar-refractivity contribution in [2.24, 2.45) is 5.73 Å². The fraction of sp³-hybridized carbons (Fsp3) is 0.647. The molecule has 2 atom stereocenters. The molecule has 1 aromatic rings. The minimum Gasteiger partial charge on any atom is -0.378 e. The van der Waals surface area contributed by atoms with Crippen LogP contribution in [0.25, 0.3) is 0 Å². The third-order valence-electron chi connectivity index (χ3n) is 4.62. The molecule has 0 radical (unpaired) electrons. The molecule has 0 spiro atoms. The highest BCUT2D eigenvalue weighted by Crippen LogP contribution is 2.26. The molecule has 2 unspecified atom stereocenters. The average molecular weight is 290 g/mol. The smallest absolute Gasteiger partial charge is 0.0471 e. The number of rotatable bonds is 5. The van der Waals surface area contributed by atoms with Gasteiger partial charge in [-0.05, 0) is 51.2 Å². The van der Waals surface area contributed by atoms with Crippen LogP contribution in [-0.4, -0.2) is 63.7 Å². The molecule has 0 aliphatic carbocycles. The first kappa shape index (κ1) is 16.3. The summed E-state index contributed by atoms with van der Waals surface area (Å²) in [6, 6.07) is 9.81. The van der Waals surface area contributed by atoms with E-state index in [0.717, 1.165) is 13.1 Å². The van der Waals surface area contributed by atoms with E-state index in [1.165, 1.54) is 24.1 Å². The third kappa shape index (κ3) is 3.96. The van der Waals surface area contributed by atoms with Crippen LogP contribution in [0.2, 0.25) is 0 Å². The molecule has 21 heavy (non-hydrogen) atoms. The lowest BCUT2D eigenvalue weighted by atomic mass is 9.98. The summed E-state index contributed by atoms with van der Waals surface area (Å²) in [5.74, 6) is 0. The van der Waals surface area contributed by atoms with Crippen LogP contribution in [0.5, 0.6) is 0 Å². The third-order valence-corrected chi connectivity index (χ3v) is 4.62. The average Bonchev–Trinajstić information content (AvgIpc) is 2.49. The maximum Gasteiger partial charge on any atom is 0.0471 e. The molecule has 1 aliphatic heterocycles. The van der Waals surface area contributed by atoms with Gasteiger partial charge in [0.25, 0.3) is 0 Å². The van der Waals surface area contributed by atoms with E-state index >= 15 is 0 Å². The molecule has 4 nitrogen and oxygen atoms in total. The first-order valence-electron chi connectivity index (χ1n) is 7.90. The van der Waals surface area contributed by atoms with Gasteiger partial charge in [-0.3, -0.25) is 4.90 Å². The van der Waals surface area contributed by atoms with Crippen LogP contribution in [0.15, 0.2) is 24.3 Å². The number of nitrogens with two attached hydrogens (primary N) is 1. The number of anilines is 1. The van der Waals surface area contributed by atoms with Crippen LogP contribution in [0.4, 0.5) is 5.69 Å². The van der Waals surface area contributed by atoms with Crippen LogP contribution >= 0.6 is 0 Å². The lowest BCUT2D eigenvalue weighted by Crippen LogP contribution is -2.47. The van der Waals surface area contributed by atoms with Gasteiger partial charge in [0, 0.05) is 45.0 Å². The van der Waals surface area contributed by atoms with E-state index in [9.17, 15) is 0 Å². The quantitative estimate of drug-likeness (QED) is 0.897. The molecular formula is C17H30N4. The predicted molar refractivity (Wildman–Crippen MR) is 90.8 cm³/mol. The molecule has 1 aliphatic rings. The zero-order valence-corrected chi connectivity index (χ0v) is 13.9. The van der Waals surface area contributed by atoms with E-state index in [0.29, 0.717) is 18.6 Å². The first-order chi connectivity index (χ1) is 10.0. The molecule has 2 N–H and O–H groups in total. The SMILES string of the molecule is CN(C)c1ccc(C(CN)N2CCCC(N(C)C)C2)cc1. The van der Waals surface area contributed by atoms with Crippen molar-refractivity contribution in [2.45, 2.75) is 24.9 Å². The Hall–Kier alpha value is -1.10. The van der Waals surface area contributed by atoms with Gasteiger partial charge in [-0.2, -0.15) is 0 Å². The molecule has 0 saturated carbocycles. The van der Waals surface area contributed by atoms with E-state index in [-0.39, 0.29) is 0 Å². The largest absolute Gasteiger partial charge is 0.378 e. The summed E-state index contributed by atoms with van der Waals surface area (Å²) in [6.07, 6.45) is 2.55. The van der Waals surface area contributed by atoms with Crippen LogP contribution in [0.3, 0.4) is 0 Å². The fourth-order valence-corrected chi connectivity index (χ4v) is 3.18. The van der Waals surface area contributed by atoms with E-state index in [1.54, 1.807) is 0 Å². The number of benzene rings is 1. The highest BCUT2D eigenvalue weighted by Gasteiger charge is 2.27. The molecule has 0 amide bonds. The number of likely N-dealkylation sites (tertiary alicyclic amines) is 1. The maximum atomic E-state index is 6.09. The molecule has 0 bridgehead atoms. The van der Waals surface area contributed by atoms with Crippen molar-refractivity contribution in [2.75, 3.05) is 52.7 Å².